The van der Waals surface area contributed by atoms with Gasteiger partial charge in [0, 0.05) is 0 Å². The summed E-state index contributed by atoms with van der Waals surface area (Å²) >= 11 is 0. The fourth-order valence-electron chi connectivity index (χ4n) is 1.38. The van der Waals surface area contributed by atoms with Crippen LogP contribution in [0.4, 0.5) is 28.4 Å². The Morgan fingerprint density at radius 2 is 1.25 bits per heavy atom. The van der Waals surface area contributed by atoms with Gasteiger partial charge in [0.05, 0.1) is 27.4 Å². The van der Waals surface area contributed by atoms with E-state index in [1.165, 1.54) is 14.2 Å². The molecule has 3 saturated heterocycles. The van der Waals surface area contributed by atoms with E-state index in [0.29, 0.717) is 33.0 Å². The molecule has 15 nitrogen and oxygen atoms in total. The number of cyclic esters (lactones) is 6. The molecule has 212 valence electrons. The summed E-state index contributed by atoms with van der Waals surface area (Å²) in [6.45, 7) is 8.88. The van der Waals surface area contributed by atoms with Crippen molar-refractivity contribution in [3.05, 3.63) is 0 Å². The molecule has 0 amide bonds. The molecule has 36 heavy (non-hydrogen) atoms. The topological polar surface area (TPSA) is 178 Å². The summed E-state index contributed by atoms with van der Waals surface area (Å²) in [5.41, 5.74) is 0. The van der Waals surface area contributed by atoms with Gasteiger partial charge in [-0.2, -0.15) is 4.39 Å². The summed E-state index contributed by atoms with van der Waals surface area (Å²) in [4.78, 5) is 49.5. The molecule has 3 unspecified atom stereocenters. The largest absolute Gasteiger partial charge is 0.511 e. The molecule has 0 aromatic rings. The quantitative estimate of drug-likeness (QED) is 0.277. The van der Waals surface area contributed by atoms with Crippen molar-refractivity contribution >= 4 is 40.0 Å². The van der Waals surface area contributed by atoms with E-state index in [0.717, 1.165) is 0 Å². The van der Waals surface area contributed by atoms with Crippen molar-refractivity contribution in [2.45, 2.75) is 33.2 Å². The number of hydrogen-bond donors (Lipinski definition) is 0. The van der Waals surface area contributed by atoms with Crippen molar-refractivity contribution in [2.24, 2.45) is 0 Å². The molecule has 17 heteroatoms. The molecule has 3 fully saturated rings. The molecule has 0 radical (unpaired) electrons. The van der Waals surface area contributed by atoms with Crippen molar-refractivity contribution in [3.8, 4) is 0 Å². The van der Waals surface area contributed by atoms with Crippen LogP contribution in [0, 0.1) is 0 Å². The van der Waals surface area contributed by atoms with Crippen LogP contribution in [0.3, 0.4) is 0 Å². The van der Waals surface area contributed by atoms with E-state index in [-0.39, 0.29) is 12.7 Å². The summed E-state index contributed by atoms with van der Waals surface area (Å²) in [7, 11) is 4.93. The first-order chi connectivity index (χ1) is 17.1. The van der Waals surface area contributed by atoms with Crippen LogP contribution in [-0.2, 0) is 47.4 Å². The predicted octanol–water partition coefficient (Wildman–Crippen LogP) is 3.21. The van der Waals surface area contributed by atoms with E-state index in [4.69, 9.17) is 0 Å². The highest BCUT2D eigenvalue weighted by atomic mass is 31.0. The maximum absolute atomic E-state index is 11.6. The molecule has 3 aliphatic heterocycles. The summed E-state index contributed by atoms with van der Waals surface area (Å²) in [6, 6.07) is 0. The summed E-state index contributed by atoms with van der Waals surface area (Å²) in [5, 5.41) is 0. The number of hydrogen-bond acceptors (Lipinski definition) is 15. The second-order valence-electron chi connectivity index (χ2n) is 5.30. The van der Waals surface area contributed by atoms with E-state index >= 15 is 0 Å². The van der Waals surface area contributed by atoms with E-state index < -0.39 is 37.1 Å². The van der Waals surface area contributed by atoms with Gasteiger partial charge in [-0.1, -0.05) is 6.66 Å². The highest BCUT2D eigenvalue weighted by Gasteiger charge is 2.23. The van der Waals surface area contributed by atoms with E-state index in [1.54, 1.807) is 20.8 Å². The van der Waals surface area contributed by atoms with Crippen LogP contribution in [0.5, 0.6) is 0 Å². The zero-order chi connectivity index (χ0) is 28.4. The number of ether oxygens (including phenoxy) is 10. The molecule has 0 aromatic heterocycles. The Hall–Kier alpha value is -3.29. The van der Waals surface area contributed by atoms with Crippen LogP contribution < -0.4 is 0 Å². The standard InChI is InChI=1S/C5H10O3.C4H6O3.C3H3FO3.C3H4O3.C3H6O3.CH5P/c1-3-7-5(6)8-4-2;1-3-2-6-4(5)7-3;4-2-1-6-3(5)7-2;4-3-5-1-2-6-3;1-5-3(4)6-2;1-2/h3-4H2,1-2H3;3H,2H2,1H3;2H,1H2;1-2H2;1-2H3;2H2,1H3. The minimum Gasteiger partial charge on any atom is -0.438 e. The third kappa shape index (κ3) is 27.0. The fourth-order valence-corrected chi connectivity index (χ4v) is 1.38. The third-order valence-electron chi connectivity index (χ3n) is 2.67. The van der Waals surface area contributed by atoms with Gasteiger partial charge in [-0.05, 0) is 20.8 Å². The number of rotatable bonds is 2. The maximum atomic E-state index is 11.6. The zero-order valence-electron chi connectivity index (χ0n) is 21.0. The lowest BCUT2D eigenvalue weighted by Crippen LogP contribution is -2.05. The monoisotopic (exact) mass is 552 g/mol. The second kappa shape index (κ2) is 26.3. The van der Waals surface area contributed by atoms with Gasteiger partial charge >= 0.3 is 30.8 Å². The number of carbonyl (C=O) groups is 5. The van der Waals surface area contributed by atoms with E-state index in [1.807, 2.05) is 6.66 Å². The van der Waals surface area contributed by atoms with Crippen LogP contribution >= 0.6 is 9.24 Å². The maximum Gasteiger partial charge on any atom is 0.511 e. The molecular formula is C19H34FO15P. The second-order valence-corrected chi connectivity index (χ2v) is 5.30. The van der Waals surface area contributed by atoms with Gasteiger partial charge < -0.3 is 47.4 Å². The molecule has 3 heterocycles. The first kappa shape index (κ1) is 37.3. The molecule has 3 atom stereocenters. The lowest BCUT2D eigenvalue weighted by atomic mass is 10.5. The van der Waals surface area contributed by atoms with Crippen LogP contribution in [-0.4, -0.2) is 104 Å². The molecule has 0 spiro atoms. The van der Waals surface area contributed by atoms with Crippen molar-refractivity contribution < 1.29 is 75.7 Å². The third-order valence-corrected chi connectivity index (χ3v) is 2.67. The highest BCUT2D eigenvalue weighted by molar-refractivity contribution is 7.15. The van der Waals surface area contributed by atoms with Crippen molar-refractivity contribution in [1.82, 2.24) is 0 Å². The van der Waals surface area contributed by atoms with Crippen LogP contribution in [0.1, 0.15) is 20.8 Å². The lowest BCUT2D eigenvalue weighted by molar-refractivity contribution is 0.0570. The van der Waals surface area contributed by atoms with Gasteiger partial charge in [-0.25, -0.2) is 24.0 Å². The Morgan fingerprint density at radius 1 is 0.806 bits per heavy atom. The Balaban J connectivity index is -0.000000373. The van der Waals surface area contributed by atoms with Crippen molar-refractivity contribution in [1.29, 1.82) is 0 Å². The summed E-state index contributed by atoms with van der Waals surface area (Å²) < 4.78 is 53.9. The normalized spacial score (nSPS) is 17.8. The van der Waals surface area contributed by atoms with Gasteiger partial charge in [0.25, 0.3) is 6.36 Å². The van der Waals surface area contributed by atoms with Crippen molar-refractivity contribution in [2.75, 3.05) is 60.5 Å². The first-order valence-electron chi connectivity index (χ1n) is 10.2. The minimum atomic E-state index is -1.55. The van der Waals surface area contributed by atoms with Gasteiger partial charge in [0.1, 0.15) is 25.9 Å². The highest BCUT2D eigenvalue weighted by Crippen LogP contribution is 2.05. The number of halogens is 1. The molecule has 0 aromatic carbocycles. The molecule has 3 aliphatic rings. The van der Waals surface area contributed by atoms with E-state index in [2.05, 4.69) is 56.6 Å². The Kier molecular flexibility index (Phi) is 27.2. The molecule has 0 N–H and O–H groups in total. The van der Waals surface area contributed by atoms with Gasteiger partial charge in [-0.15, -0.1) is 9.24 Å². The molecule has 0 aliphatic carbocycles. The zero-order valence-corrected chi connectivity index (χ0v) is 22.1. The Bertz CT molecular complexity index is 572. The Morgan fingerprint density at radius 3 is 1.39 bits per heavy atom. The van der Waals surface area contributed by atoms with Crippen LogP contribution in [0.25, 0.3) is 0 Å². The predicted molar refractivity (Wildman–Crippen MR) is 120 cm³/mol. The van der Waals surface area contributed by atoms with Crippen LogP contribution in [0.15, 0.2) is 0 Å². The number of methoxy groups -OCH3 is 2. The SMILES string of the molecule is CC1COC(=O)O1.CCOC(=O)OCC.COC(=O)OC.CP.O=C1OCC(F)O1.O=C1OCCO1. The average Bonchev–Trinajstić information content (AvgIpc) is 3.59. The molecule has 3 rings (SSSR count). The smallest absolute Gasteiger partial charge is 0.438 e. The summed E-state index contributed by atoms with van der Waals surface area (Å²) in [6.07, 6.45) is -4.86. The first-order valence-corrected chi connectivity index (χ1v) is 11.3. The fraction of sp³-hybridized carbons (Fsp3) is 0.737. The molecule has 0 saturated carbocycles. The van der Waals surface area contributed by atoms with E-state index in [9.17, 15) is 28.4 Å². The van der Waals surface area contributed by atoms with Gasteiger partial charge in [0.15, 0.2) is 6.61 Å². The van der Waals surface area contributed by atoms with Crippen LogP contribution in [0.2, 0.25) is 0 Å². The van der Waals surface area contributed by atoms with Gasteiger partial charge in [0.2, 0.25) is 0 Å². The van der Waals surface area contributed by atoms with Crippen molar-refractivity contribution in [3.63, 3.8) is 0 Å². The number of carbonyl (C=O) groups excluding carboxylic acids is 5. The lowest BCUT2D eigenvalue weighted by Gasteiger charge is -1.98. The number of alkyl halides is 1. The summed E-state index contributed by atoms with van der Waals surface area (Å²) in [5.74, 6) is 0. The average molecular weight is 552 g/mol. The van der Waals surface area contributed by atoms with Gasteiger partial charge in [-0.3, -0.25) is 0 Å². The molecular weight excluding hydrogens is 518 g/mol. The minimum absolute atomic E-state index is 0.0486. The Labute approximate surface area is 210 Å². The molecule has 0 bridgehead atoms.